The van der Waals surface area contributed by atoms with Gasteiger partial charge in [-0.25, -0.2) is 9.59 Å². The minimum atomic E-state index is -0.893. The molecule has 0 saturated carbocycles. The Kier molecular flexibility index (Phi) is 8.33. The van der Waals surface area contributed by atoms with Crippen LogP contribution in [0.2, 0.25) is 0 Å². The summed E-state index contributed by atoms with van der Waals surface area (Å²) in [6, 6.07) is 33.1. The van der Waals surface area contributed by atoms with Crippen molar-refractivity contribution in [2.24, 2.45) is 0 Å². The molecule has 4 aromatic carbocycles. The molecule has 0 amide bonds. The monoisotopic (exact) mass is 482 g/mol. The topological polar surface area (TPSA) is 71.1 Å². The van der Waals surface area contributed by atoms with E-state index in [0.717, 1.165) is 11.1 Å². The molecular formula is C30H26O6. The van der Waals surface area contributed by atoms with Crippen molar-refractivity contribution >= 4 is 11.9 Å². The number of para-hydroxylation sites is 2. The maximum absolute atomic E-state index is 12.7. The van der Waals surface area contributed by atoms with E-state index in [0.29, 0.717) is 11.5 Å². The summed E-state index contributed by atoms with van der Waals surface area (Å²) >= 11 is 0. The first-order chi connectivity index (χ1) is 17.6. The molecule has 0 heterocycles. The van der Waals surface area contributed by atoms with Gasteiger partial charge in [0, 0.05) is 0 Å². The number of ether oxygens (including phenoxy) is 4. The number of benzene rings is 4. The van der Waals surface area contributed by atoms with Gasteiger partial charge in [-0.1, -0.05) is 72.8 Å². The zero-order valence-corrected chi connectivity index (χ0v) is 19.8. The molecule has 6 heteroatoms. The quantitative estimate of drug-likeness (QED) is 0.158. The molecule has 6 nitrogen and oxygen atoms in total. The van der Waals surface area contributed by atoms with E-state index >= 15 is 0 Å². The van der Waals surface area contributed by atoms with Gasteiger partial charge in [0.1, 0.15) is 36.0 Å². The van der Waals surface area contributed by atoms with Crippen molar-refractivity contribution in [3.8, 4) is 28.4 Å². The third kappa shape index (κ3) is 6.73. The lowest BCUT2D eigenvalue weighted by atomic mass is 10.1. The van der Waals surface area contributed by atoms with Gasteiger partial charge in [0.2, 0.25) is 0 Å². The fourth-order valence-electron chi connectivity index (χ4n) is 3.41. The second kappa shape index (κ2) is 12.2. The van der Waals surface area contributed by atoms with E-state index in [1.54, 1.807) is 31.2 Å². The molecule has 36 heavy (non-hydrogen) atoms. The van der Waals surface area contributed by atoms with Crippen LogP contribution in [0.15, 0.2) is 109 Å². The van der Waals surface area contributed by atoms with Crippen LogP contribution in [0.25, 0.3) is 11.1 Å². The second-order valence-electron chi connectivity index (χ2n) is 7.87. The van der Waals surface area contributed by atoms with Gasteiger partial charge in [-0.3, -0.25) is 0 Å². The Morgan fingerprint density at radius 2 is 1.28 bits per heavy atom. The predicted molar refractivity (Wildman–Crippen MR) is 136 cm³/mol. The lowest BCUT2D eigenvalue weighted by Crippen LogP contribution is -2.29. The largest absolute Gasteiger partial charge is 0.490 e. The summed E-state index contributed by atoms with van der Waals surface area (Å²) in [4.78, 5) is 25.2. The molecule has 4 aromatic rings. The normalized spacial score (nSPS) is 11.2. The predicted octanol–water partition coefficient (Wildman–Crippen LogP) is 5.96. The van der Waals surface area contributed by atoms with Gasteiger partial charge in [0.15, 0.2) is 6.10 Å². The molecule has 0 spiro atoms. The minimum Gasteiger partial charge on any atom is -0.490 e. The average molecular weight is 483 g/mol. The van der Waals surface area contributed by atoms with Crippen molar-refractivity contribution in [3.05, 3.63) is 115 Å². The summed E-state index contributed by atoms with van der Waals surface area (Å²) in [6.07, 6.45) is -0.893. The smallest absolute Gasteiger partial charge is 0.352 e. The van der Waals surface area contributed by atoms with Crippen LogP contribution < -0.4 is 14.2 Å². The van der Waals surface area contributed by atoms with Crippen LogP contribution in [0.5, 0.6) is 17.2 Å². The van der Waals surface area contributed by atoms with Gasteiger partial charge in [-0.15, -0.1) is 0 Å². The summed E-state index contributed by atoms with van der Waals surface area (Å²) in [7, 11) is 0. The highest BCUT2D eigenvalue weighted by atomic mass is 16.6. The van der Waals surface area contributed by atoms with Crippen LogP contribution in [-0.2, 0) is 9.53 Å². The van der Waals surface area contributed by atoms with Crippen molar-refractivity contribution in [2.75, 3.05) is 13.2 Å². The first-order valence-electron chi connectivity index (χ1n) is 11.6. The molecule has 0 aromatic heterocycles. The van der Waals surface area contributed by atoms with E-state index in [1.807, 2.05) is 72.8 Å². The van der Waals surface area contributed by atoms with Gasteiger partial charge >= 0.3 is 11.9 Å². The third-order valence-corrected chi connectivity index (χ3v) is 5.25. The summed E-state index contributed by atoms with van der Waals surface area (Å²) in [5.41, 5.74) is 2.27. The highest BCUT2D eigenvalue weighted by Gasteiger charge is 2.21. The van der Waals surface area contributed by atoms with Crippen LogP contribution in [0, 0.1) is 0 Å². The first kappa shape index (κ1) is 24.5. The van der Waals surface area contributed by atoms with E-state index in [-0.39, 0.29) is 24.5 Å². The molecule has 0 aliphatic carbocycles. The Labute approximate surface area is 210 Å². The van der Waals surface area contributed by atoms with Crippen molar-refractivity contribution in [1.29, 1.82) is 0 Å². The van der Waals surface area contributed by atoms with Gasteiger partial charge in [-0.2, -0.15) is 0 Å². The lowest BCUT2D eigenvalue weighted by molar-refractivity contribution is -0.141. The van der Waals surface area contributed by atoms with E-state index in [2.05, 4.69) is 0 Å². The maximum atomic E-state index is 12.7. The van der Waals surface area contributed by atoms with E-state index in [1.165, 1.54) is 12.1 Å². The standard InChI is InChI=1S/C30H26O6/c1-22(35-26-18-16-24(17-19-26)23-10-4-2-5-11-23)29(31)36-28-15-9-8-14-27(28)30(32)34-21-20-33-25-12-6-3-7-13-25/h2-19,22H,20-21H2,1H3. The number of carbonyl (C=O) groups is 2. The molecule has 182 valence electrons. The first-order valence-corrected chi connectivity index (χ1v) is 11.6. The molecule has 0 saturated heterocycles. The zero-order chi connectivity index (χ0) is 25.2. The van der Waals surface area contributed by atoms with Crippen LogP contribution in [-0.4, -0.2) is 31.3 Å². The van der Waals surface area contributed by atoms with Crippen molar-refractivity contribution < 1.29 is 28.5 Å². The summed E-state index contributed by atoms with van der Waals surface area (Å²) in [5, 5.41) is 0. The molecular weight excluding hydrogens is 456 g/mol. The highest BCUT2D eigenvalue weighted by molar-refractivity contribution is 5.93. The van der Waals surface area contributed by atoms with Crippen LogP contribution >= 0.6 is 0 Å². The third-order valence-electron chi connectivity index (χ3n) is 5.25. The summed E-state index contributed by atoms with van der Waals surface area (Å²) in [6.45, 7) is 1.84. The van der Waals surface area contributed by atoms with Gasteiger partial charge in [0.05, 0.1) is 0 Å². The zero-order valence-electron chi connectivity index (χ0n) is 19.8. The summed E-state index contributed by atoms with van der Waals surface area (Å²) in [5.74, 6) is 0.0816. The molecule has 0 aliphatic heterocycles. The number of carbonyl (C=O) groups excluding carboxylic acids is 2. The minimum absolute atomic E-state index is 0.0501. The average Bonchev–Trinajstić information content (AvgIpc) is 2.93. The van der Waals surface area contributed by atoms with Crippen LogP contribution in [0.1, 0.15) is 17.3 Å². The Hall–Kier alpha value is -4.58. The molecule has 0 radical (unpaired) electrons. The van der Waals surface area contributed by atoms with E-state index in [4.69, 9.17) is 18.9 Å². The maximum Gasteiger partial charge on any atom is 0.352 e. The fraction of sp³-hybridized carbons (Fsp3) is 0.133. The Balaban J connectivity index is 1.30. The van der Waals surface area contributed by atoms with Crippen molar-refractivity contribution in [3.63, 3.8) is 0 Å². The molecule has 0 aliphatic rings. The van der Waals surface area contributed by atoms with Gasteiger partial charge in [-0.05, 0) is 54.4 Å². The van der Waals surface area contributed by atoms with Crippen LogP contribution in [0.3, 0.4) is 0 Å². The van der Waals surface area contributed by atoms with Crippen molar-refractivity contribution in [1.82, 2.24) is 0 Å². The molecule has 1 atom stereocenters. The number of esters is 2. The second-order valence-corrected chi connectivity index (χ2v) is 7.87. The number of rotatable bonds is 10. The number of hydrogen-bond acceptors (Lipinski definition) is 6. The fourth-order valence-corrected chi connectivity index (χ4v) is 3.41. The molecule has 0 N–H and O–H groups in total. The summed E-state index contributed by atoms with van der Waals surface area (Å²) < 4.78 is 22.0. The highest BCUT2D eigenvalue weighted by Crippen LogP contribution is 2.24. The Morgan fingerprint density at radius 3 is 2.00 bits per heavy atom. The molecule has 4 rings (SSSR count). The molecule has 1 unspecified atom stereocenters. The molecule has 0 fully saturated rings. The van der Waals surface area contributed by atoms with E-state index in [9.17, 15) is 9.59 Å². The Morgan fingerprint density at radius 1 is 0.667 bits per heavy atom. The molecule has 0 bridgehead atoms. The van der Waals surface area contributed by atoms with Gasteiger partial charge < -0.3 is 18.9 Å². The lowest BCUT2D eigenvalue weighted by Gasteiger charge is -2.15. The van der Waals surface area contributed by atoms with Crippen LogP contribution in [0.4, 0.5) is 0 Å². The van der Waals surface area contributed by atoms with E-state index < -0.39 is 18.0 Å². The van der Waals surface area contributed by atoms with Gasteiger partial charge in [0.25, 0.3) is 0 Å². The Bertz CT molecular complexity index is 1270. The number of hydrogen-bond donors (Lipinski definition) is 0. The SMILES string of the molecule is CC(Oc1ccc(-c2ccccc2)cc1)C(=O)Oc1ccccc1C(=O)OCCOc1ccccc1. The van der Waals surface area contributed by atoms with Crippen molar-refractivity contribution in [2.45, 2.75) is 13.0 Å².